The summed E-state index contributed by atoms with van der Waals surface area (Å²) in [5.41, 5.74) is 0.209. The molecule has 0 saturated heterocycles. The van der Waals surface area contributed by atoms with Gasteiger partial charge in [-0.2, -0.15) is 0 Å². The molecule has 2 aromatic carbocycles. The fourth-order valence-corrected chi connectivity index (χ4v) is 5.37. The van der Waals surface area contributed by atoms with Gasteiger partial charge in [-0.05, 0) is 74.3 Å². The van der Waals surface area contributed by atoms with Crippen LogP contribution in [0.2, 0.25) is 0 Å². The van der Waals surface area contributed by atoms with E-state index < -0.39 is 23.3 Å². The summed E-state index contributed by atoms with van der Waals surface area (Å²) in [6.45, 7) is 8.42. The number of hydrogen-bond donors (Lipinski definition) is 0. The second-order valence-electron chi connectivity index (χ2n) is 10.2. The summed E-state index contributed by atoms with van der Waals surface area (Å²) in [6, 6.07) is 5.89. The van der Waals surface area contributed by atoms with Crippen molar-refractivity contribution in [2.24, 2.45) is 11.3 Å². The lowest BCUT2D eigenvalue weighted by molar-refractivity contribution is 0.255. The van der Waals surface area contributed by atoms with Crippen LogP contribution in [-0.4, -0.2) is 0 Å². The first kappa shape index (κ1) is 22.2. The minimum Gasteiger partial charge on any atom is -0.203 e. The molecule has 0 aromatic heterocycles. The molecule has 0 bridgehead atoms. The molecule has 4 heteroatoms. The highest BCUT2D eigenvalue weighted by Crippen LogP contribution is 2.44. The molecule has 0 aliphatic heterocycles. The fraction of sp³-hybridized carbons (Fsp3) is 0.519. The van der Waals surface area contributed by atoms with E-state index in [0.29, 0.717) is 17.0 Å². The zero-order valence-corrected chi connectivity index (χ0v) is 18.4. The molecule has 0 N–H and O–H groups in total. The summed E-state index contributed by atoms with van der Waals surface area (Å²) in [5, 5.41) is 0. The van der Waals surface area contributed by atoms with Crippen molar-refractivity contribution in [1.29, 1.82) is 0 Å². The van der Waals surface area contributed by atoms with E-state index in [1.165, 1.54) is 18.2 Å². The summed E-state index contributed by atoms with van der Waals surface area (Å²) in [7, 11) is 0. The molecule has 0 radical (unpaired) electrons. The van der Waals surface area contributed by atoms with Gasteiger partial charge in [-0.25, -0.2) is 17.6 Å². The van der Waals surface area contributed by atoms with E-state index in [1.807, 2.05) is 0 Å². The van der Waals surface area contributed by atoms with Gasteiger partial charge in [-0.3, -0.25) is 0 Å². The third-order valence-electron chi connectivity index (χ3n) is 7.60. The second kappa shape index (κ2) is 8.52. The van der Waals surface area contributed by atoms with Crippen molar-refractivity contribution in [3.05, 3.63) is 65.6 Å². The molecule has 0 nitrogen and oxygen atoms in total. The van der Waals surface area contributed by atoms with Gasteiger partial charge in [0.1, 0.15) is 5.41 Å². The molecule has 2 fully saturated rings. The Labute approximate surface area is 183 Å². The van der Waals surface area contributed by atoms with Gasteiger partial charge in [0.25, 0.3) is 0 Å². The van der Waals surface area contributed by atoms with Gasteiger partial charge >= 0.3 is 0 Å². The van der Waals surface area contributed by atoms with Crippen LogP contribution in [0.25, 0.3) is 11.1 Å². The lowest BCUT2D eigenvalue weighted by Gasteiger charge is -2.30. The van der Waals surface area contributed by atoms with Crippen molar-refractivity contribution in [3.63, 3.8) is 0 Å². The van der Waals surface area contributed by atoms with Crippen molar-refractivity contribution < 1.29 is 17.6 Å². The summed E-state index contributed by atoms with van der Waals surface area (Å²) in [5.74, 6) is -3.55. The molecular formula is C27H31F4+. The summed E-state index contributed by atoms with van der Waals surface area (Å²) >= 11 is 0. The van der Waals surface area contributed by atoms with Crippen molar-refractivity contribution in [3.8, 4) is 11.1 Å². The summed E-state index contributed by atoms with van der Waals surface area (Å²) in [4.78, 5) is 0. The Kier molecular flexibility index (Phi) is 6.11. The molecular weight excluding hydrogens is 400 g/mol. The van der Waals surface area contributed by atoms with Crippen LogP contribution in [0.3, 0.4) is 0 Å². The molecule has 2 saturated carbocycles. The second-order valence-corrected chi connectivity index (χ2v) is 10.2. The average molecular weight is 432 g/mol. The molecule has 2 aliphatic carbocycles. The molecule has 0 heterocycles. The van der Waals surface area contributed by atoms with Crippen molar-refractivity contribution in [2.75, 3.05) is 0 Å². The van der Waals surface area contributed by atoms with Crippen LogP contribution >= 0.6 is 0 Å². The number of rotatable bonds is 3. The Morgan fingerprint density at radius 1 is 0.677 bits per heavy atom. The number of halogens is 4. The lowest BCUT2D eigenvalue weighted by atomic mass is 9.71. The van der Waals surface area contributed by atoms with E-state index in [9.17, 15) is 17.6 Å². The largest absolute Gasteiger partial charge is 0.203 e. The van der Waals surface area contributed by atoms with Crippen molar-refractivity contribution in [1.82, 2.24) is 0 Å². The zero-order valence-electron chi connectivity index (χ0n) is 18.4. The van der Waals surface area contributed by atoms with E-state index in [-0.39, 0.29) is 28.4 Å². The highest BCUT2D eigenvalue weighted by atomic mass is 19.2. The monoisotopic (exact) mass is 431 g/mol. The average Bonchev–Trinajstić information content (AvgIpc) is 2.74. The highest BCUT2D eigenvalue weighted by molar-refractivity contribution is 5.66. The third kappa shape index (κ3) is 4.36. The molecule has 0 atom stereocenters. The summed E-state index contributed by atoms with van der Waals surface area (Å²) < 4.78 is 59.8. The first-order valence-corrected chi connectivity index (χ1v) is 11.5. The molecule has 2 aliphatic rings. The maximum atomic E-state index is 15.0. The normalized spacial score (nSPS) is 29.2. The van der Waals surface area contributed by atoms with Crippen LogP contribution in [0.5, 0.6) is 0 Å². The van der Waals surface area contributed by atoms with Gasteiger partial charge in [0, 0.05) is 11.1 Å². The molecule has 4 rings (SSSR count). The van der Waals surface area contributed by atoms with Crippen molar-refractivity contribution in [2.45, 2.75) is 77.0 Å². The highest BCUT2D eigenvalue weighted by Gasteiger charge is 2.35. The molecule has 166 valence electrons. The van der Waals surface area contributed by atoms with E-state index in [4.69, 9.17) is 0 Å². The minimum atomic E-state index is -1.10. The van der Waals surface area contributed by atoms with E-state index in [1.54, 1.807) is 6.07 Å². The Morgan fingerprint density at radius 2 is 1.10 bits per heavy atom. The van der Waals surface area contributed by atoms with Gasteiger partial charge in [0.2, 0.25) is 0 Å². The SMILES string of the molecule is [CH2+]C1(C)CCC(c2ccc(-c3ccc(C4CCC(C)CC4)c(F)c3F)c(F)c2F)CC1. The molecule has 0 amide bonds. The third-order valence-corrected chi connectivity index (χ3v) is 7.60. The van der Waals surface area contributed by atoms with Crippen LogP contribution < -0.4 is 0 Å². The van der Waals surface area contributed by atoms with Crippen molar-refractivity contribution >= 4 is 0 Å². The Hall–Kier alpha value is -1.97. The van der Waals surface area contributed by atoms with Crippen LogP contribution in [-0.2, 0) is 0 Å². The van der Waals surface area contributed by atoms with E-state index in [2.05, 4.69) is 20.8 Å². The van der Waals surface area contributed by atoms with Gasteiger partial charge < -0.3 is 0 Å². The van der Waals surface area contributed by atoms with Gasteiger partial charge in [-0.1, -0.05) is 44.0 Å². The molecule has 0 unspecified atom stereocenters. The maximum absolute atomic E-state index is 15.0. The predicted octanol–water partition coefficient (Wildman–Crippen LogP) is 8.70. The number of hydrogen-bond acceptors (Lipinski definition) is 0. The van der Waals surface area contributed by atoms with Gasteiger partial charge in [0.15, 0.2) is 23.3 Å². The smallest absolute Gasteiger partial charge is 0.167 e. The van der Waals surface area contributed by atoms with Crippen LogP contribution in [0, 0.1) is 41.5 Å². The Morgan fingerprint density at radius 3 is 1.55 bits per heavy atom. The van der Waals surface area contributed by atoms with Crippen LogP contribution in [0.4, 0.5) is 17.6 Å². The number of benzene rings is 2. The van der Waals surface area contributed by atoms with E-state index in [0.717, 1.165) is 51.4 Å². The first-order chi connectivity index (χ1) is 14.7. The fourth-order valence-electron chi connectivity index (χ4n) is 5.37. The first-order valence-electron chi connectivity index (χ1n) is 11.5. The Balaban J connectivity index is 1.62. The minimum absolute atomic E-state index is 0.0197. The molecule has 0 spiro atoms. The van der Waals surface area contributed by atoms with E-state index >= 15 is 0 Å². The Bertz CT molecular complexity index is 944. The topological polar surface area (TPSA) is 0 Å². The standard InChI is InChI=1S/C27H31F4/c1-16-4-6-17(7-5-16)19-8-10-21(25(30)23(19)28)22-11-9-20(24(29)26(22)31)18-12-14-27(2,3)15-13-18/h8-11,16-18H,2,4-7,12-15H2,1,3H3/q+1. The van der Waals surface area contributed by atoms with Crippen LogP contribution in [0.1, 0.15) is 88.2 Å². The van der Waals surface area contributed by atoms with Gasteiger partial charge in [0.05, 0.1) is 6.92 Å². The molecule has 2 aromatic rings. The molecule has 31 heavy (non-hydrogen) atoms. The summed E-state index contributed by atoms with van der Waals surface area (Å²) in [6.07, 6.45) is 6.81. The zero-order chi connectivity index (χ0) is 22.3. The quantitative estimate of drug-likeness (QED) is 0.337. The van der Waals surface area contributed by atoms with Crippen LogP contribution in [0.15, 0.2) is 24.3 Å². The predicted molar refractivity (Wildman–Crippen MR) is 117 cm³/mol. The van der Waals surface area contributed by atoms with Gasteiger partial charge in [-0.15, -0.1) is 0 Å². The maximum Gasteiger partial charge on any atom is 0.167 e. The lowest BCUT2D eigenvalue weighted by Crippen LogP contribution is -2.21.